The van der Waals surface area contributed by atoms with Crippen molar-refractivity contribution in [1.29, 1.82) is 0 Å². The van der Waals surface area contributed by atoms with Gasteiger partial charge in [0.15, 0.2) is 0 Å². The number of phenolic OH excluding ortho intramolecular Hbond substituents is 1. The van der Waals surface area contributed by atoms with Gasteiger partial charge in [0.1, 0.15) is 5.75 Å². The molecule has 0 atom stereocenters. The molecule has 0 aliphatic heterocycles. The zero-order valence-corrected chi connectivity index (χ0v) is 9.05. The highest BCUT2D eigenvalue weighted by Gasteiger charge is 2.11. The van der Waals surface area contributed by atoms with Gasteiger partial charge >= 0.3 is 0 Å². The van der Waals surface area contributed by atoms with Crippen LogP contribution in [0.2, 0.25) is 0 Å². The first kappa shape index (κ1) is 12.6. The van der Waals surface area contributed by atoms with Crippen LogP contribution in [0.15, 0.2) is 28.1 Å². The SMILES string of the molecule is O=S(=O)(O)c1ccc(O)c(C=NCCO)c1. The van der Waals surface area contributed by atoms with Crippen LogP contribution in [0.3, 0.4) is 0 Å². The molecule has 0 fully saturated rings. The van der Waals surface area contributed by atoms with E-state index in [9.17, 15) is 13.5 Å². The van der Waals surface area contributed by atoms with Gasteiger partial charge in [0.25, 0.3) is 10.1 Å². The van der Waals surface area contributed by atoms with Crippen LogP contribution in [0, 0.1) is 0 Å². The summed E-state index contributed by atoms with van der Waals surface area (Å²) >= 11 is 0. The molecule has 88 valence electrons. The number of phenols is 1. The molecule has 1 aromatic rings. The summed E-state index contributed by atoms with van der Waals surface area (Å²) in [5.41, 5.74) is 0.156. The van der Waals surface area contributed by atoms with Crippen LogP contribution >= 0.6 is 0 Å². The maximum atomic E-state index is 10.8. The second-order valence-electron chi connectivity index (χ2n) is 2.95. The van der Waals surface area contributed by atoms with Gasteiger partial charge in [-0.15, -0.1) is 0 Å². The summed E-state index contributed by atoms with van der Waals surface area (Å²) in [4.78, 5) is 3.41. The number of rotatable bonds is 4. The Morgan fingerprint density at radius 3 is 2.62 bits per heavy atom. The molecule has 0 spiro atoms. The van der Waals surface area contributed by atoms with E-state index in [1.54, 1.807) is 0 Å². The average molecular weight is 245 g/mol. The number of aliphatic hydroxyl groups excluding tert-OH is 1. The van der Waals surface area contributed by atoms with Crippen molar-refractivity contribution in [3.8, 4) is 5.75 Å². The summed E-state index contributed by atoms with van der Waals surface area (Å²) in [5, 5.41) is 17.9. The molecule has 16 heavy (non-hydrogen) atoms. The van der Waals surface area contributed by atoms with Crippen molar-refractivity contribution in [3.63, 3.8) is 0 Å². The van der Waals surface area contributed by atoms with E-state index in [0.717, 1.165) is 18.2 Å². The first-order valence-electron chi connectivity index (χ1n) is 4.36. The van der Waals surface area contributed by atoms with E-state index in [0.29, 0.717) is 0 Å². The van der Waals surface area contributed by atoms with Crippen molar-refractivity contribution in [1.82, 2.24) is 0 Å². The van der Waals surface area contributed by atoms with Crippen LogP contribution in [-0.2, 0) is 10.1 Å². The summed E-state index contributed by atoms with van der Waals surface area (Å²) in [6.45, 7) is 0.00476. The van der Waals surface area contributed by atoms with E-state index in [2.05, 4.69) is 4.99 Å². The normalized spacial score (nSPS) is 12.1. The van der Waals surface area contributed by atoms with Gasteiger partial charge in [0.05, 0.1) is 18.0 Å². The Bertz CT molecular complexity index is 495. The van der Waals surface area contributed by atoms with Crippen LogP contribution in [-0.4, -0.2) is 42.5 Å². The second-order valence-corrected chi connectivity index (χ2v) is 4.38. The molecule has 0 radical (unpaired) electrons. The molecule has 0 unspecified atom stereocenters. The molecule has 1 aromatic carbocycles. The maximum Gasteiger partial charge on any atom is 0.294 e. The number of hydrogen-bond acceptors (Lipinski definition) is 5. The summed E-state index contributed by atoms with van der Waals surface area (Å²) in [6, 6.07) is 3.31. The van der Waals surface area contributed by atoms with Crippen molar-refractivity contribution in [2.75, 3.05) is 13.2 Å². The summed E-state index contributed by atoms with van der Waals surface area (Å²) in [7, 11) is -4.29. The standard InChI is InChI=1S/C9H11NO5S/c11-4-3-10-6-7-5-8(16(13,14)15)1-2-9(7)12/h1-2,5-6,11-12H,3-4H2,(H,13,14,15). The lowest BCUT2D eigenvalue weighted by atomic mass is 10.2. The summed E-state index contributed by atoms with van der Waals surface area (Å²) < 4.78 is 30.4. The Morgan fingerprint density at radius 1 is 1.38 bits per heavy atom. The van der Waals surface area contributed by atoms with E-state index in [-0.39, 0.29) is 29.4 Å². The van der Waals surface area contributed by atoms with Gasteiger partial charge in [-0.25, -0.2) is 0 Å². The molecular weight excluding hydrogens is 234 g/mol. The number of benzene rings is 1. The highest BCUT2D eigenvalue weighted by molar-refractivity contribution is 7.85. The van der Waals surface area contributed by atoms with Crippen molar-refractivity contribution in [2.24, 2.45) is 4.99 Å². The fraction of sp³-hybridized carbons (Fsp3) is 0.222. The Hall–Kier alpha value is -1.44. The molecule has 6 nitrogen and oxygen atoms in total. The molecular formula is C9H11NO5S. The first-order chi connectivity index (χ1) is 7.45. The van der Waals surface area contributed by atoms with Gasteiger partial charge in [0, 0.05) is 11.8 Å². The highest BCUT2D eigenvalue weighted by atomic mass is 32.2. The molecule has 0 bridgehead atoms. The van der Waals surface area contributed by atoms with Crippen LogP contribution in [0.25, 0.3) is 0 Å². The topological polar surface area (TPSA) is 107 Å². The van der Waals surface area contributed by atoms with Crippen molar-refractivity contribution in [3.05, 3.63) is 23.8 Å². The highest BCUT2D eigenvalue weighted by Crippen LogP contribution is 2.19. The molecule has 0 saturated heterocycles. The van der Waals surface area contributed by atoms with E-state index in [1.165, 1.54) is 6.21 Å². The van der Waals surface area contributed by atoms with E-state index in [4.69, 9.17) is 9.66 Å². The number of aliphatic hydroxyl groups is 1. The predicted octanol–water partition coefficient (Wildman–Crippen LogP) is 0.0501. The molecule has 0 saturated carbocycles. The molecule has 1 rings (SSSR count). The molecule has 0 heterocycles. The van der Waals surface area contributed by atoms with Crippen molar-refractivity contribution >= 4 is 16.3 Å². The molecule has 7 heteroatoms. The lowest BCUT2D eigenvalue weighted by Gasteiger charge is -2.01. The van der Waals surface area contributed by atoms with Crippen LogP contribution in [0.5, 0.6) is 5.75 Å². The van der Waals surface area contributed by atoms with Gasteiger partial charge in [-0.05, 0) is 18.2 Å². The van der Waals surface area contributed by atoms with Gasteiger partial charge in [-0.3, -0.25) is 9.55 Å². The smallest absolute Gasteiger partial charge is 0.294 e. The predicted molar refractivity (Wildman–Crippen MR) is 57.5 cm³/mol. The van der Waals surface area contributed by atoms with E-state index < -0.39 is 10.1 Å². The number of hydrogen-bond donors (Lipinski definition) is 3. The van der Waals surface area contributed by atoms with Gasteiger partial charge in [-0.2, -0.15) is 8.42 Å². The minimum absolute atomic E-state index is 0.144. The summed E-state index contributed by atoms with van der Waals surface area (Å²) in [5.74, 6) is -0.158. The Kier molecular flexibility index (Phi) is 3.99. The fourth-order valence-corrected chi connectivity index (χ4v) is 1.53. The molecule has 3 N–H and O–H groups in total. The van der Waals surface area contributed by atoms with Crippen LogP contribution in [0.4, 0.5) is 0 Å². The number of aliphatic imine (C=N–C) groups is 1. The Labute approximate surface area is 92.6 Å². The largest absolute Gasteiger partial charge is 0.507 e. The third-order valence-electron chi connectivity index (χ3n) is 1.76. The third-order valence-corrected chi connectivity index (χ3v) is 2.61. The van der Waals surface area contributed by atoms with E-state index >= 15 is 0 Å². The zero-order chi connectivity index (χ0) is 12.2. The maximum absolute atomic E-state index is 10.8. The van der Waals surface area contributed by atoms with E-state index in [1.807, 2.05) is 0 Å². The van der Waals surface area contributed by atoms with Gasteiger partial charge < -0.3 is 10.2 Å². The first-order valence-corrected chi connectivity index (χ1v) is 5.80. The minimum Gasteiger partial charge on any atom is -0.507 e. The molecule has 0 aromatic heterocycles. The number of nitrogens with zero attached hydrogens (tertiary/aromatic N) is 1. The van der Waals surface area contributed by atoms with Gasteiger partial charge in [0.2, 0.25) is 0 Å². The second kappa shape index (κ2) is 5.06. The zero-order valence-electron chi connectivity index (χ0n) is 8.24. The lowest BCUT2D eigenvalue weighted by molar-refractivity contribution is 0.307. The Morgan fingerprint density at radius 2 is 2.06 bits per heavy atom. The van der Waals surface area contributed by atoms with Crippen LogP contribution < -0.4 is 0 Å². The minimum atomic E-state index is -4.29. The van der Waals surface area contributed by atoms with Gasteiger partial charge in [-0.1, -0.05) is 0 Å². The molecule has 0 aliphatic carbocycles. The molecule has 0 amide bonds. The summed E-state index contributed by atoms with van der Waals surface area (Å²) in [6.07, 6.45) is 1.22. The fourth-order valence-electron chi connectivity index (χ4n) is 1.02. The average Bonchev–Trinajstić information content (AvgIpc) is 2.19. The molecule has 0 aliphatic rings. The van der Waals surface area contributed by atoms with Crippen molar-refractivity contribution < 1.29 is 23.2 Å². The number of aromatic hydroxyl groups is 1. The lowest BCUT2D eigenvalue weighted by Crippen LogP contribution is -1.99. The quantitative estimate of drug-likeness (QED) is 0.513. The Balaban J connectivity index is 3.09. The van der Waals surface area contributed by atoms with Crippen molar-refractivity contribution in [2.45, 2.75) is 4.90 Å². The third kappa shape index (κ3) is 3.30. The van der Waals surface area contributed by atoms with Crippen LogP contribution in [0.1, 0.15) is 5.56 Å². The monoisotopic (exact) mass is 245 g/mol.